The summed E-state index contributed by atoms with van der Waals surface area (Å²) in [5, 5.41) is 4.16. The van der Waals surface area contributed by atoms with Crippen molar-refractivity contribution in [2.45, 2.75) is 52.1 Å². The molecule has 0 bridgehead atoms. The number of pyridine rings is 2. The van der Waals surface area contributed by atoms with Gasteiger partial charge in [0.1, 0.15) is 16.8 Å². The lowest BCUT2D eigenvalue weighted by atomic mass is 9.81. The van der Waals surface area contributed by atoms with Crippen molar-refractivity contribution in [3.05, 3.63) is 30.6 Å². The van der Waals surface area contributed by atoms with Gasteiger partial charge in [0.2, 0.25) is 0 Å². The van der Waals surface area contributed by atoms with E-state index in [9.17, 15) is 9.59 Å². The molecule has 0 radical (unpaired) electrons. The van der Waals surface area contributed by atoms with Crippen LogP contribution in [0.1, 0.15) is 46.5 Å². The fourth-order valence-electron chi connectivity index (χ4n) is 3.84. The lowest BCUT2D eigenvalue weighted by molar-refractivity contribution is -0.130. The van der Waals surface area contributed by atoms with E-state index in [-0.39, 0.29) is 17.7 Å². The van der Waals surface area contributed by atoms with Crippen molar-refractivity contribution in [1.82, 2.24) is 15.3 Å². The summed E-state index contributed by atoms with van der Waals surface area (Å²) >= 11 is 0. The average molecular weight is 415 g/mol. The average Bonchev–Trinajstić information content (AvgIpc) is 2.72. The molecule has 0 aliphatic heterocycles. The molecular weight excluding hydrogens is 384 g/mol. The number of fused-ring (bicyclic) bond motifs is 1. The van der Waals surface area contributed by atoms with Crippen LogP contribution in [0.4, 0.5) is 10.5 Å². The second-order valence-electron chi connectivity index (χ2n) is 8.63. The Hall–Kier alpha value is -2.74. The van der Waals surface area contributed by atoms with Crippen molar-refractivity contribution in [2.24, 2.45) is 11.8 Å². The molecule has 3 rings (SSSR count). The lowest BCUT2D eigenvalue weighted by Crippen LogP contribution is -2.40. The van der Waals surface area contributed by atoms with Crippen LogP contribution in [-0.4, -0.2) is 41.2 Å². The zero-order valence-electron chi connectivity index (χ0n) is 18.1. The van der Waals surface area contributed by atoms with E-state index in [1.807, 2.05) is 32.9 Å². The summed E-state index contributed by atoms with van der Waals surface area (Å²) in [7, 11) is 1.48. The number of carbonyl (C=O) groups is 2. The number of anilines is 1. The number of hydroxylamine groups is 1. The predicted molar refractivity (Wildman–Crippen MR) is 114 cm³/mol. The van der Waals surface area contributed by atoms with E-state index >= 15 is 0 Å². The van der Waals surface area contributed by atoms with Gasteiger partial charge in [0.05, 0.1) is 12.6 Å². The second kappa shape index (κ2) is 9.38. The van der Waals surface area contributed by atoms with Crippen LogP contribution >= 0.6 is 0 Å². The maximum atomic E-state index is 13.3. The molecule has 1 fully saturated rings. The number of nitrogens with one attached hydrogen (secondary N) is 1. The van der Waals surface area contributed by atoms with Crippen molar-refractivity contribution in [2.75, 3.05) is 18.7 Å². The zero-order valence-corrected chi connectivity index (χ0v) is 18.1. The first-order valence-electron chi connectivity index (χ1n) is 10.3. The topological polar surface area (TPSA) is 93.7 Å². The minimum atomic E-state index is -0.532. The van der Waals surface area contributed by atoms with Crippen LogP contribution in [0, 0.1) is 11.8 Å². The van der Waals surface area contributed by atoms with E-state index in [2.05, 4.69) is 15.3 Å². The number of carbonyl (C=O) groups excluding carboxylic acids is 2. The first-order valence-corrected chi connectivity index (χ1v) is 10.3. The molecule has 2 aromatic heterocycles. The minimum absolute atomic E-state index is 0.0994. The molecule has 2 atom stereocenters. The van der Waals surface area contributed by atoms with Gasteiger partial charge in [0, 0.05) is 24.9 Å². The Balaban J connectivity index is 1.67. The summed E-state index contributed by atoms with van der Waals surface area (Å²) in [5.74, 6) is -0.0695. The van der Waals surface area contributed by atoms with Gasteiger partial charge in [-0.15, -0.1) is 0 Å². The number of rotatable bonds is 5. The number of alkyl carbamates (subject to hydrolysis) is 1. The van der Waals surface area contributed by atoms with Gasteiger partial charge in [-0.2, -0.15) is 5.06 Å². The molecule has 2 unspecified atom stereocenters. The summed E-state index contributed by atoms with van der Waals surface area (Å²) < 4.78 is 5.30. The molecule has 1 aliphatic rings. The number of ether oxygens (including phenoxy) is 1. The molecule has 30 heavy (non-hydrogen) atoms. The third-order valence-electron chi connectivity index (χ3n) is 5.14. The highest BCUT2D eigenvalue weighted by atomic mass is 16.7. The molecule has 2 aromatic rings. The quantitative estimate of drug-likeness (QED) is 0.747. The van der Waals surface area contributed by atoms with Crippen molar-refractivity contribution in [3.8, 4) is 0 Å². The highest BCUT2D eigenvalue weighted by Crippen LogP contribution is 2.32. The highest BCUT2D eigenvalue weighted by Gasteiger charge is 2.32. The summed E-state index contributed by atoms with van der Waals surface area (Å²) in [6, 6.07) is 5.39. The Kier molecular flexibility index (Phi) is 6.87. The zero-order chi connectivity index (χ0) is 21.7. The van der Waals surface area contributed by atoms with Crippen LogP contribution in [0.3, 0.4) is 0 Å². The summed E-state index contributed by atoms with van der Waals surface area (Å²) in [6.45, 7) is 5.99. The van der Waals surface area contributed by atoms with Gasteiger partial charge >= 0.3 is 6.09 Å². The SMILES string of the molecule is CON(C(=O)C1CCCC(CNC(=O)OC(C)(C)C)C1)c1ccnc2cccnc12. The van der Waals surface area contributed by atoms with Crippen LogP contribution < -0.4 is 10.4 Å². The number of amides is 2. The van der Waals surface area contributed by atoms with Gasteiger partial charge in [-0.1, -0.05) is 6.42 Å². The first-order chi connectivity index (χ1) is 14.3. The number of hydrogen-bond donors (Lipinski definition) is 1. The molecule has 8 heteroatoms. The third kappa shape index (κ3) is 5.44. The van der Waals surface area contributed by atoms with E-state index < -0.39 is 11.7 Å². The first kappa shape index (κ1) is 22.0. The molecule has 1 saturated carbocycles. The normalized spacial score (nSPS) is 19.3. The molecule has 2 amide bonds. The third-order valence-corrected chi connectivity index (χ3v) is 5.14. The molecule has 162 valence electrons. The van der Waals surface area contributed by atoms with Crippen LogP contribution in [0.2, 0.25) is 0 Å². The van der Waals surface area contributed by atoms with E-state index in [0.29, 0.717) is 29.7 Å². The Bertz CT molecular complexity index is 891. The van der Waals surface area contributed by atoms with Gasteiger partial charge in [-0.3, -0.25) is 19.6 Å². The summed E-state index contributed by atoms with van der Waals surface area (Å²) in [5.41, 5.74) is 1.37. The maximum Gasteiger partial charge on any atom is 0.407 e. The molecule has 0 spiro atoms. The van der Waals surface area contributed by atoms with Crippen LogP contribution in [0.15, 0.2) is 30.6 Å². The number of nitrogens with zero attached hydrogens (tertiary/aromatic N) is 3. The Morgan fingerprint density at radius 1 is 1.20 bits per heavy atom. The monoisotopic (exact) mass is 414 g/mol. The fraction of sp³-hybridized carbons (Fsp3) is 0.545. The fourth-order valence-corrected chi connectivity index (χ4v) is 3.84. The number of hydrogen-bond acceptors (Lipinski definition) is 6. The molecule has 1 N–H and O–H groups in total. The van der Waals surface area contributed by atoms with Gasteiger partial charge < -0.3 is 10.1 Å². The molecule has 0 saturated heterocycles. The van der Waals surface area contributed by atoms with E-state index in [1.165, 1.54) is 12.2 Å². The summed E-state index contributed by atoms with van der Waals surface area (Å²) in [4.78, 5) is 39.4. The van der Waals surface area contributed by atoms with Crippen molar-refractivity contribution >= 4 is 28.7 Å². The Labute approximate surface area is 176 Å². The summed E-state index contributed by atoms with van der Waals surface area (Å²) in [6.07, 6.45) is 6.25. The minimum Gasteiger partial charge on any atom is -0.444 e. The van der Waals surface area contributed by atoms with Crippen LogP contribution in [0.5, 0.6) is 0 Å². The maximum absolute atomic E-state index is 13.3. The van der Waals surface area contributed by atoms with Crippen LogP contribution in [-0.2, 0) is 14.4 Å². The molecule has 1 aliphatic carbocycles. The van der Waals surface area contributed by atoms with Gasteiger partial charge in [-0.25, -0.2) is 4.79 Å². The van der Waals surface area contributed by atoms with E-state index in [1.54, 1.807) is 18.5 Å². The highest BCUT2D eigenvalue weighted by molar-refractivity contribution is 6.00. The van der Waals surface area contributed by atoms with Gasteiger partial charge in [0.25, 0.3) is 5.91 Å². The second-order valence-corrected chi connectivity index (χ2v) is 8.63. The lowest BCUT2D eigenvalue weighted by Gasteiger charge is -2.32. The van der Waals surface area contributed by atoms with E-state index in [4.69, 9.17) is 9.57 Å². The molecular formula is C22H30N4O4. The van der Waals surface area contributed by atoms with Gasteiger partial charge in [0.15, 0.2) is 0 Å². The predicted octanol–water partition coefficient (Wildman–Crippen LogP) is 3.86. The largest absolute Gasteiger partial charge is 0.444 e. The molecule has 0 aromatic carbocycles. The van der Waals surface area contributed by atoms with Crippen molar-refractivity contribution in [1.29, 1.82) is 0 Å². The van der Waals surface area contributed by atoms with Crippen LogP contribution in [0.25, 0.3) is 11.0 Å². The van der Waals surface area contributed by atoms with Gasteiger partial charge in [-0.05, 0) is 64.2 Å². The number of aromatic nitrogens is 2. The van der Waals surface area contributed by atoms with Crippen molar-refractivity contribution < 1.29 is 19.2 Å². The molecule has 2 heterocycles. The Morgan fingerprint density at radius 2 is 2.00 bits per heavy atom. The smallest absolute Gasteiger partial charge is 0.407 e. The van der Waals surface area contributed by atoms with Crippen molar-refractivity contribution in [3.63, 3.8) is 0 Å². The van der Waals surface area contributed by atoms with E-state index in [0.717, 1.165) is 19.3 Å². The Morgan fingerprint density at radius 3 is 2.73 bits per heavy atom. The molecule has 8 nitrogen and oxygen atoms in total. The standard InChI is InChI=1S/C22H30N4O4/c1-22(2,3)30-21(28)25-14-15-7-5-8-16(13-15)20(27)26(29-4)18-10-12-23-17-9-6-11-24-19(17)18/h6,9-12,15-16H,5,7-8,13-14H2,1-4H3,(H,25,28).